The minimum absolute atomic E-state index is 0.456. The molecule has 0 saturated carbocycles. The number of ether oxygens (including phenoxy) is 1. The molecule has 0 aliphatic rings. The molecule has 0 radical (unpaired) electrons. The molecule has 0 spiro atoms. The molecule has 1 aromatic carbocycles. The Morgan fingerprint density at radius 3 is 2.57 bits per heavy atom. The smallest absolute Gasteiger partial charge is 0.0824 e. The van der Waals surface area contributed by atoms with Crippen LogP contribution in [-0.4, -0.2) is 12.4 Å². The van der Waals surface area contributed by atoms with E-state index in [1.54, 1.807) is 13.4 Å². The van der Waals surface area contributed by atoms with Crippen molar-refractivity contribution in [2.45, 2.75) is 24.0 Å². The van der Waals surface area contributed by atoms with Gasteiger partial charge in [0.1, 0.15) is 0 Å². The molecule has 0 amide bonds. The van der Waals surface area contributed by atoms with Crippen LogP contribution in [0.4, 0.5) is 0 Å². The molecule has 0 N–H and O–H groups in total. The van der Waals surface area contributed by atoms with Gasteiger partial charge >= 0.3 is 0 Å². The van der Waals surface area contributed by atoms with Crippen molar-refractivity contribution in [1.29, 1.82) is 0 Å². The van der Waals surface area contributed by atoms with E-state index in [1.165, 1.54) is 10.5 Å². The lowest BCUT2D eigenvalue weighted by Gasteiger charge is -2.11. The Bertz CT molecular complexity index is 292. The van der Waals surface area contributed by atoms with Crippen LogP contribution < -0.4 is 0 Å². The first kappa shape index (κ1) is 11.2. The summed E-state index contributed by atoms with van der Waals surface area (Å²) in [6.07, 6.45) is 1.81. The third kappa shape index (κ3) is 3.46. The summed E-state index contributed by atoms with van der Waals surface area (Å²) in [5.74, 6) is 0. The van der Waals surface area contributed by atoms with Crippen molar-refractivity contribution < 1.29 is 4.74 Å². The summed E-state index contributed by atoms with van der Waals surface area (Å²) in [6, 6.07) is 10.4. The van der Waals surface area contributed by atoms with Gasteiger partial charge in [0.25, 0.3) is 0 Å². The standard InChI is InChI=1S/C12H16OS/c1-10(9-13-3)11(2)14-12-7-5-4-6-8-12/h4-9,11H,1-3H3/b10-9+. The molecule has 0 aromatic heterocycles. The number of benzene rings is 1. The summed E-state index contributed by atoms with van der Waals surface area (Å²) in [5, 5.41) is 0.456. The quantitative estimate of drug-likeness (QED) is 0.551. The summed E-state index contributed by atoms with van der Waals surface area (Å²) in [7, 11) is 1.68. The fourth-order valence-electron chi connectivity index (χ4n) is 1.08. The number of hydrogen-bond donors (Lipinski definition) is 0. The Balaban J connectivity index is 2.57. The van der Waals surface area contributed by atoms with E-state index < -0.39 is 0 Å². The van der Waals surface area contributed by atoms with Crippen LogP contribution in [0.1, 0.15) is 13.8 Å². The summed E-state index contributed by atoms with van der Waals surface area (Å²) in [4.78, 5) is 1.30. The Kier molecular flexibility index (Phi) is 4.60. The van der Waals surface area contributed by atoms with Crippen LogP contribution in [0, 0.1) is 0 Å². The SMILES string of the molecule is CO/C=C(\C)C(C)Sc1ccccc1. The highest BCUT2D eigenvalue weighted by atomic mass is 32.2. The largest absolute Gasteiger partial charge is 0.504 e. The molecule has 0 saturated heterocycles. The van der Waals surface area contributed by atoms with Crippen LogP contribution >= 0.6 is 11.8 Å². The fraction of sp³-hybridized carbons (Fsp3) is 0.333. The molecule has 0 aliphatic carbocycles. The van der Waals surface area contributed by atoms with Crippen molar-refractivity contribution in [2.75, 3.05) is 7.11 Å². The molecule has 0 heterocycles. The van der Waals surface area contributed by atoms with Crippen molar-refractivity contribution >= 4 is 11.8 Å². The normalized spacial score (nSPS) is 13.8. The van der Waals surface area contributed by atoms with Gasteiger partial charge in [-0.05, 0) is 31.6 Å². The molecule has 1 nitrogen and oxygen atoms in total. The monoisotopic (exact) mass is 208 g/mol. The van der Waals surface area contributed by atoms with Crippen molar-refractivity contribution in [1.82, 2.24) is 0 Å². The van der Waals surface area contributed by atoms with Gasteiger partial charge in [0.15, 0.2) is 0 Å². The predicted molar refractivity (Wildman–Crippen MR) is 62.5 cm³/mol. The first-order valence-corrected chi connectivity index (χ1v) is 5.53. The van der Waals surface area contributed by atoms with E-state index in [1.807, 2.05) is 17.8 Å². The van der Waals surface area contributed by atoms with Crippen LogP contribution in [0.5, 0.6) is 0 Å². The van der Waals surface area contributed by atoms with Crippen molar-refractivity contribution in [2.24, 2.45) is 0 Å². The van der Waals surface area contributed by atoms with Crippen LogP contribution in [-0.2, 0) is 4.74 Å². The number of rotatable bonds is 4. The topological polar surface area (TPSA) is 9.23 Å². The van der Waals surface area contributed by atoms with E-state index in [2.05, 4.69) is 38.1 Å². The predicted octanol–water partition coefficient (Wildman–Crippen LogP) is 3.72. The fourth-order valence-corrected chi connectivity index (χ4v) is 2.04. The van der Waals surface area contributed by atoms with Crippen LogP contribution in [0.3, 0.4) is 0 Å². The Hall–Kier alpha value is -0.890. The zero-order valence-electron chi connectivity index (χ0n) is 8.86. The average molecular weight is 208 g/mol. The second-order valence-electron chi connectivity index (χ2n) is 3.17. The van der Waals surface area contributed by atoms with Gasteiger partial charge in [-0.3, -0.25) is 0 Å². The van der Waals surface area contributed by atoms with Crippen LogP contribution in [0.25, 0.3) is 0 Å². The van der Waals surface area contributed by atoms with Crippen molar-refractivity contribution in [3.63, 3.8) is 0 Å². The first-order valence-electron chi connectivity index (χ1n) is 4.65. The lowest BCUT2D eigenvalue weighted by molar-refractivity contribution is 0.333. The molecule has 14 heavy (non-hydrogen) atoms. The molecule has 76 valence electrons. The molecule has 1 aromatic rings. The van der Waals surface area contributed by atoms with Crippen LogP contribution in [0.15, 0.2) is 47.1 Å². The molecule has 1 unspecified atom stereocenters. The molecule has 2 heteroatoms. The summed E-state index contributed by atoms with van der Waals surface area (Å²) >= 11 is 1.84. The highest BCUT2D eigenvalue weighted by Crippen LogP contribution is 2.26. The van der Waals surface area contributed by atoms with Crippen molar-refractivity contribution in [3.8, 4) is 0 Å². The van der Waals surface area contributed by atoms with Gasteiger partial charge in [0.05, 0.1) is 13.4 Å². The molecule has 0 bridgehead atoms. The molecule has 1 atom stereocenters. The van der Waals surface area contributed by atoms with E-state index in [9.17, 15) is 0 Å². The molecule has 0 aliphatic heterocycles. The minimum Gasteiger partial charge on any atom is -0.504 e. The van der Waals surface area contributed by atoms with E-state index in [4.69, 9.17) is 4.74 Å². The number of thioether (sulfide) groups is 1. The lowest BCUT2D eigenvalue weighted by Crippen LogP contribution is -1.97. The maximum atomic E-state index is 4.99. The third-order valence-electron chi connectivity index (χ3n) is 2.00. The molecule has 1 rings (SSSR count). The summed E-state index contributed by atoms with van der Waals surface area (Å²) < 4.78 is 4.99. The Labute approximate surface area is 90.2 Å². The zero-order chi connectivity index (χ0) is 10.4. The van der Waals surface area contributed by atoms with E-state index >= 15 is 0 Å². The highest BCUT2D eigenvalue weighted by Gasteiger charge is 2.05. The number of hydrogen-bond acceptors (Lipinski definition) is 2. The van der Waals surface area contributed by atoms with Gasteiger partial charge in [-0.25, -0.2) is 0 Å². The maximum Gasteiger partial charge on any atom is 0.0824 e. The molecular formula is C12H16OS. The van der Waals surface area contributed by atoms with E-state index in [0.29, 0.717) is 5.25 Å². The third-order valence-corrected chi connectivity index (χ3v) is 3.27. The Morgan fingerprint density at radius 2 is 2.00 bits per heavy atom. The van der Waals surface area contributed by atoms with E-state index in [0.717, 1.165) is 0 Å². The van der Waals surface area contributed by atoms with Crippen molar-refractivity contribution in [3.05, 3.63) is 42.2 Å². The second kappa shape index (κ2) is 5.76. The second-order valence-corrected chi connectivity index (χ2v) is 4.58. The van der Waals surface area contributed by atoms with E-state index in [-0.39, 0.29) is 0 Å². The molecule has 0 fully saturated rings. The average Bonchev–Trinajstić information content (AvgIpc) is 2.19. The minimum atomic E-state index is 0.456. The van der Waals surface area contributed by atoms with Gasteiger partial charge in [0.2, 0.25) is 0 Å². The Morgan fingerprint density at radius 1 is 1.36 bits per heavy atom. The van der Waals surface area contributed by atoms with Gasteiger partial charge in [-0.2, -0.15) is 0 Å². The highest BCUT2D eigenvalue weighted by molar-refractivity contribution is 8.00. The molecular weight excluding hydrogens is 192 g/mol. The van der Waals surface area contributed by atoms with Gasteiger partial charge in [-0.1, -0.05) is 18.2 Å². The first-order chi connectivity index (χ1) is 6.74. The zero-order valence-corrected chi connectivity index (χ0v) is 9.67. The van der Waals surface area contributed by atoms with Gasteiger partial charge < -0.3 is 4.74 Å². The van der Waals surface area contributed by atoms with Gasteiger partial charge in [0, 0.05) is 10.1 Å². The number of methoxy groups -OCH3 is 1. The maximum absolute atomic E-state index is 4.99. The summed E-state index contributed by atoms with van der Waals surface area (Å²) in [5.41, 5.74) is 1.25. The lowest BCUT2D eigenvalue weighted by atomic mass is 10.3. The summed E-state index contributed by atoms with van der Waals surface area (Å²) in [6.45, 7) is 4.27. The van der Waals surface area contributed by atoms with Crippen LogP contribution in [0.2, 0.25) is 0 Å². The van der Waals surface area contributed by atoms with Gasteiger partial charge in [-0.15, -0.1) is 11.8 Å².